The van der Waals surface area contributed by atoms with Gasteiger partial charge in [-0.1, -0.05) is 26.5 Å². The highest BCUT2D eigenvalue weighted by Crippen LogP contribution is 2.21. The molecule has 24 heavy (non-hydrogen) atoms. The van der Waals surface area contributed by atoms with E-state index in [9.17, 15) is 14.0 Å². The van der Waals surface area contributed by atoms with Crippen molar-refractivity contribution in [1.29, 1.82) is 5.26 Å². The van der Waals surface area contributed by atoms with Gasteiger partial charge in [0.25, 0.3) is 5.91 Å². The van der Waals surface area contributed by atoms with E-state index in [1.807, 2.05) is 13.8 Å². The number of rotatable bonds is 3. The van der Waals surface area contributed by atoms with Gasteiger partial charge in [0.15, 0.2) is 5.82 Å². The van der Waals surface area contributed by atoms with E-state index in [0.29, 0.717) is 19.6 Å². The quantitative estimate of drug-likeness (QED) is 0.799. The summed E-state index contributed by atoms with van der Waals surface area (Å²) < 4.78 is 14.2. The fraction of sp³-hybridized carbons (Fsp3) is 0.389. The van der Waals surface area contributed by atoms with E-state index in [2.05, 4.69) is 6.58 Å². The molecule has 0 aromatic heterocycles. The first-order valence-corrected chi connectivity index (χ1v) is 7.81. The summed E-state index contributed by atoms with van der Waals surface area (Å²) in [6.07, 6.45) is 1.27. The number of hydrogen-bond acceptors (Lipinski definition) is 3. The summed E-state index contributed by atoms with van der Waals surface area (Å²) in [6.45, 7) is 8.47. The van der Waals surface area contributed by atoms with Crippen LogP contribution < -0.4 is 0 Å². The minimum absolute atomic E-state index is 0.111. The summed E-state index contributed by atoms with van der Waals surface area (Å²) in [5.41, 5.74) is -0.262. The molecule has 1 aliphatic rings. The van der Waals surface area contributed by atoms with Crippen molar-refractivity contribution in [2.75, 3.05) is 19.6 Å². The Morgan fingerprint density at radius 1 is 1.42 bits per heavy atom. The molecule has 2 rings (SSSR count). The van der Waals surface area contributed by atoms with Crippen molar-refractivity contribution in [2.45, 2.75) is 19.9 Å². The molecule has 1 heterocycles. The Balaban J connectivity index is 2.25. The summed E-state index contributed by atoms with van der Waals surface area (Å²) >= 11 is 0. The molecule has 2 amide bonds. The maximum absolute atomic E-state index is 14.2. The molecule has 1 aromatic carbocycles. The Morgan fingerprint density at radius 3 is 2.71 bits per heavy atom. The number of benzene rings is 1. The minimum atomic E-state index is -0.796. The van der Waals surface area contributed by atoms with Crippen molar-refractivity contribution in [3.8, 4) is 6.07 Å². The van der Waals surface area contributed by atoms with Crippen LogP contribution in [0, 0.1) is 23.1 Å². The molecule has 1 atom stereocenters. The first-order valence-electron chi connectivity index (χ1n) is 7.81. The molecular weight excluding hydrogens is 309 g/mol. The van der Waals surface area contributed by atoms with E-state index < -0.39 is 11.7 Å². The number of nitrogens with zero attached hydrogens (tertiary/aromatic N) is 3. The van der Waals surface area contributed by atoms with Crippen LogP contribution >= 0.6 is 0 Å². The predicted octanol–water partition coefficient (Wildman–Crippen LogP) is 2.19. The van der Waals surface area contributed by atoms with Crippen molar-refractivity contribution in [2.24, 2.45) is 5.92 Å². The summed E-state index contributed by atoms with van der Waals surface area (Å²) in [5, 5.41) is 8.90. The Hall–Kier alpha value is -2.68. The average molecular weight is 329 g/mol. The van der Waals surface area contributed by atoms with Crippen LogP contribution in [0.2, 0.25) is 0 Å². The maximum atomic E-state index is 14.2. The number of amides is 2. The predicted molar refractivity (Wildman–Crippen MR) is 87.6 cm³/mol. The molecule has 0 bridgehead atoms. The van der Waals surface area contributed by atoms with E-state index in [1.54, 1.807) is 11.0 Å². The third kappa shape index (κ3) is 3.30. The summed E-state index contributed by atoms with van der Waals surface area (Å²) in [7, 11) is 0. The Labute approximate surface area is 141 Å². The van der Waals surface area contributed by atoms with Crippen molar-refractivity contribution in [1.82, 2.24) is 9.80 Å². The molecule has 0 aliphatic carbocycles. The van der Waals surface area contributed by atoms with Gasteiger partial charge in [-0.2, -0.15) is 5.26 Å². The lowest BCUT2D eigenvalue weighted by molar-refractivity contribution is -0.131. The Bertz CT molecular complexity index is 709. The zero-order chi connectivity index (χ0) is 17.9. The SMILES string of the molecule is C=CC(=O)N1CCN(C(=O)c2cccc(C#N)c2F)C[C@@H]1C(C)C. The van der Waals surface area contributed by atoms with Gasteiger partial charge in [-0.3, -0.25) is 9.59 Å². The molecule has 1 saturated heterocycles. The van der Waals surface area contributed by atoms with Gasteiger partial charge in [-0.05, 0) is 24.1 Å². The number of carbonyl (C=O) groups excluding carboxylic acids is 2. The van der Waals surface area contributed by atoms with Crippen LogP contribution in [0.5, 0.6) is 0 Å². The summed E-state index contributed by atoms with van der Waals surface area (Å²) in [5.74, 6) is -1.28. The molecule has 0 N–H and O–H groups in total. The highest BCUT2D eigenvalue weighted by Gasteiger charge is 2.34. The molecule has 0 radical (unpaired) electrons. The molecule has 5 nitrogen and oxygen atoms in total. The van der Waals surface area contributed by atoms with Gasteiger partial charge in [0.2, 0.25) is 5.91 Å². The number of halogens is 1. The second-order valence-corrected chi connectivity index (χ2v) is 6.08. The first kappa shape index (κ1) is 17.7. The van der Waals surface area contributed by atoms with Gasteiger partial charge in [-0.25, -0.2) is 4.39 Å². The van der Waals surface area contributed by atoms with E-state index in [-0.39, 0.29) is 29.0 Å². The largest absolute Gasteiger partial charge is 0.335 e. The van der Waals surface area contributed by atoms with Crippen LogP contribution in [0.1, 0.15) is 29.8 Å². The fourth-order valence-corrected chi connectivity index (χ4v) is 2.91. The molecule has 0 saturated carbocycles. The monoisotopic (exact) mass is 329 g/mol. The third-order valence-electron chi connectivity index (χ3n) is 4.28. The minimum Gasteiger partial charge on any atom is -0.335 e. The van der Waals surface area contributed by atoms with Gasteiger partial charge in [-0.15, -0.1) is 0 Å². The van der Waals surface area contributed by atoms with E-state index in [4.69, 9.17) is 5.26 Å². The number of nitriles is 1. The van der Waals surface area contributed by atoms with Crippen molar-refractivity contribution < 1.29 is 14.0 Å². The average Bonchev–Trinajstić information content (AvgIpc) is 2.60. The normalized spacial score (nSPS) is 17.5. The van der Waals surface area contributed by atoms with Gasteiger partial charge in [0.1, 0.15) is 6.07 Å². The van der Waals surface area contributed by atoms with Crippen LogP contribution in [0.25, 0.3) is 0 Å². The van der Waals surface area contributed by atoms with Crippen LogP contribution in [0.15, 0.2) is 30.9 Å². The fourth-order valence-electron chi connectivity index (χ4n) is 2.91. The number of carbonyl (C=O) groups is 2. The second kappa shape index (κ2) is 7.26. The zero-order valence-electron chi connectivity index (χ0n) is 13.8. The molecule has 0 unspecified atom stereocenters. The van der Waals surface area contributed by atoms with Gasteiger partial charge in [0.05, 0.1) is 17.2 Å². The summed E-state index contributed by atoms with van der Waals surface area (Å²) in [6, 6.07) is 5.79. The van der Waals surface area contributed by atoms with Crippen molar-refractivity contribution >= 4 is 11.8 Å². The third-order valence-corrected chi connectivity index (χ3v) is 4.28. The van der Waals surface area contributed by atoms with Crippen molar-refractivity contribution in [3.05, 3.63) is 47.8 Å². The van der Waals surface area contributed by atoms with Crippen LogP contribution in [-0.2, 0) is 4.79 Å². The van der Waals surface area contributed by atoms with Crippen molar-refractivity contribution in [3.63, 3.8) is 0 Å². The van der Waals surface area contributed by atoms with Crippen LogP contribution in [-0.4, -0.2) is 47.3 Å². The topological polar surface area (TPSA) is 64.4 Å². The number of piperazine rings is 1. The lowest BCUT2D eigenvalue weighted by atomic mass is 9.98. The van der Waals surface area contributed by atoms with E-state index >= 15 is 0 Å². The van der Waals surface area contributed by atoms with Crippen LogP contribution in [0.3, 0.4) is 0 Å². The smallest absolute Gasteiger partial charge is 0.257 e. The molecule has 126 valence electrons. The Kier molecular flexibility index (Phi) is 5.35. The first-order chi connectivity index (χ1) is 11.4. The van der Waals surface area contributed by atoms with E-state index in [1.165, 1.54) is 29.2 Å². The lowest BCUT2D eigenvalue weighted by Crippen LogP contribution is -2.58. The molecular formula is C18H20FN3O2. The van der Waals surface area contributed by atoms with Gasteiger partial charge < -0.3 is 9.80 Å². The van der Waals surface area contributed by atoms with Crippen LogP contribution in [0.4, 0.5) is 4.39 Å². The zero-order valence-corrected chi connectivity index (χ0v) is 13.8. The maximum Gasteiger partial charge on any atom is 0.257 e. The second-order valence-electron chi connectivity index (χ2n) is 6.08. The Morgan fingerprint density at radius 2 is 2.12 bits per heavy atom. The van der Waals surface area contributed by atoms with E-state index in [0.717, 1.165) is 0 Å². The molecule has 6 heteroatoms. The molecule has 1 aromatic rings. The molecule has 1 fully saturated rings. The number of hydrogen-bond donors (Lipinski definition) is 0. The highest BCUT2D eigenvalue weighted by atomic mass is 19.1. The standard InChI is InChI=1S/C18H20FN3O2/c1-4-16(23)22-9-8-21(11-15(22)12(2)3)18(24)14-7-5-6-13(10-20)17(14)19/h4-7,12,15H,1,8-9,11H2,2-3H3/t15-/m1/s1. The molecule has 0 spiro atoms. The van der Waals surface area contributed by atoms with Gasteiger partial charge in [0, 0.05) is 19.6 Å². The highest BCUT2D eigenvalue weighted by molar-refractivity contribution is 5.95. The summed E-state index contributed by atoms with van der Waals surface area (Å²) in [4.78, 5) is 27.9. The van der Waals surface area contributed by atoms with Gasteiger partial charge >= 0.3 is 0 Å². The lowest BCUT2D eigenvalue weighted by Gasteiger charge is -2.43. The molecule has 1 aliphatic heterocycles.